The first kappa shape index (κ1) is 22.2. The molecule has 7 nitrogen and oxygen atoms in total. The lowest BCUT2D eigenvalue weighted by molar-refractivity contribution is -0.116. The van der Waals surface area contributed by atoms with Crippen molar-refractivity contribution in [3.8, 4) is 11.4 Å². The van der Waals surface area contributed by atoms with Crippen molar-refractivity contribution in [2.24, 2.45) is 0 Å². The van der Waals surface area contributed by atoms with Crippen molar-refractivity contribution in [1.29, 1.82) is 0 Å². The van der Waals surface area contributed by atoms with E-state index in [0.717, 1.165) is 49.7 Å². The van der Waals surface area contributed by atoms with E-state index in [-0.39, 0.29) is 12.3 Å². The number of benzene rings is 2. The molecule has 7 heteroatoms. The highest BCUT2D eigenvalue weighted by Gasteiger charge is 2.15. The quantitative estimate of drug-likeness (QED) is 0.570. The molecule has 0 aliphatic carbocycles. The Kier molecular flexibility index (Phi) is 7.29. The molecule has 32 heavy (non-hydrogen) atoms. The molecule has 1 aliphatic rings. The lowest BCUT2D eigenvalue weighted by Gasteiger charge is -2.27. The summed E-state index contributed by atoms with van der Waals surface area (Å²) in [5.74, 6) is 1.42. The fourth-order valence-corrected chi connectivity index (χ4v) is 3.70. The average Bonchev–Trinajstić information content (AvgIpc) is 3.29. The van der Waals surface area contributed by atoms with Gasteiger partial charge in [-0.1, -0.05) is 61.5 Å². The lowest BCUT2D eigenvalue weighted by Crippen LogP contribution is -2.35. The van der Waals surface area contributed by atoms with Gasteiger partial charge >= 0.3 is 0 Å². The Labute approximate surface area is 188 Å². The Hall–Kier alpha value is -3.03. The molecule has 2 heterocycles. The predicted octanol–water partition coefficient (Wildman–Crippen LogP) is 4.26. The molecule has 2 aromatic carbocycles. The number of carbonyl (C=O) groups excluding carboxylic acids is 1. The molecule has 3 aromatic rings. The summed E-state index contributed by atoms with van der Waals surface area (Å²) in [6.45, 7) is 8.43. The minimum absolute atomic E-state index is 0.0690. The number of anilines is 1. The summed E-state index contributed by atoms with van der Waals surface area (Å²) in [6, 6.07) is 16.1. The number of rotatable bonds is 8. The second-order valence-electron chi connectivity index (χ2n) is 8.38. The molecule has 1 fully saturated rings. The van der Waals surface area contributed by atoms with Gasteiger partial charge in [-0.25, -0.2) is 0 Å². The smallest absolute Gasteiger partial charge is 0.227 e. The highest BCUT2D eigenvalue weighted by molar-refractivity contribution is 5.91. The van der Waals surface area contributed by atoms with Crippen LogP contribution in [0.5, 0.6) is 0 Å². The van der Waals surface area contributed by atoms with Crippen LogP contribution in [0, 0.1) is 0 Å². The Bertz CT molecular complexity index is 1020. The van der Waals surface area contributed by atoms with Crippen LogP contribution in [0.2, 0.25) is 0 Å². The summed E-state index contributed by atoms with van der Waals surface area (Å²) >= 11 is 0. The fraction of sp³-hybridized carbons (Fsp3) is 0.400. The van der Waals surface area contributed by atoms with Gasteiger partial charge in [0.15, 0.2) is 0 Å². The second-order valence-corrected chi connectivity index (χ2v) is 8.38. The molecular weight excluding hydrogens is 404 g/mol. The van der Waals surface area contributed by atoms with Crippen molar-refractivity contribution in [3.05, 3.63) is 65.5 Å². The van der Waals surface area contributed by atoms with Crippen LogP contribution in [0.15, 0.2) is 53.1 Å². The van der Waals surface area contributed by atoms with Crippen molar-refractivity contribution in [2.45, 2.75) is 39.2 Å². The number of aromatic nitrogens is 2. The lowest BCUT2D eigenvalue weighted by atomic mass is 10.0. The number of nitrogens with zero attached hydrogens (tertiary/aromatic N) is 3. The molecule has 168 valence electrons. The van der Waals surface area contributed by atoms with Crippen LogP contribution in [0.4, 0.5) is 5.69 Å². The van der Waals surface area contributed by atoms with Gasteiger partial charge in [0.05, 0.1) is 13.2 Å². The van der Waals surface area contributed by atoms with Crippen molar-refractivity contribution in [3.63, 3.8) is 0 Å². The van der Waals surface area contributed by atoms with E-state index in [0.29, 0.717) is 24.1 Å². The topological polar surface area (TPSA) is 80.5 Å². The zero-order valence-electron chi connectivity index (χ0n) is 18.7. The number of nitrogens with one attached hydrogen (secondary N) is 1. The third-order valence-electron chi connectivity index (χ3n) is 5.66. The van der Waals surface area contributed by atoms with Gasteiger partial charge in [0.25, 0.3) is 0 Å². The number of hydrogen-bond acceptors (Lipinski definition) is 6. The van der Waals surface area contributed by atoms with Gasteiger partial charge < -0.3 is 14.6 Å². The number of morpholine rings is 1. The summed E-state index contributed by atoms with van der Waals surface area (Å²) in [6.07, 6.45) is 0.675. The zero-order valence-corrected chi connectivity index (χ0v) is 18.7. The van der Waals surface area contributed by atoms with E-state index in [4.69, 9.17) is 9.26 Å². The van der Waals surface area contributed by atoms with E-state index in [2.05, 4.69) is 52.4 Å². The number of aryl methyl sites for hydroxylation is 1. The van der Waals surface area contributed by atoms with Gasteiger partial charge in [-0.3, -0.25) is 9.69 Å². The van der Waals surface area contributed by atoms with Gasteiger partial charge in [0.1, 0.15) is 0 Å². The van der Waals surface area contributed by atoms with Crippen LogP contribution in [0.25, 0.3) is 11.4 Å². The number of carbonyl (C=O) groups is 1. The third kappa shape index (κ3) is 5.81. The molecule has 1 saturated heterocycles. The number of hydrogen-bond donors (Lipinski definition) is 1. The van der Waals surface area contributed by atoms with Crippen LogP contribution in [0.3, 0.4) is 0 Å². The summed E-state index contributed by atoms with van der Waals surface area (Å²) < 4.78 is 10.8. The van der Waals surface area contributed by atoms with Gasteiger partial charge in [0, 0.05) is 43.7 Å². The maximum Gasteiger partial charge on any atom is 0.227 e. The van der Waals surface area contributed by atoms with E-state index in [1.165, 1.54) is 5.56 Å². The van der Waals surface area contributed by atoms with Gasteiger partial charge in [-0.2, -0.15) is 4.98 Å². The minimum atomic E-state index is -0.0690. The molecule has 0 atom stereocenters. The molecule has 1 amide bonds. The van der Waals surface area contributed by atoms with Gasteiger partial charge in [-0.05, 0) is 23.1 Å². The summed E-state index contributed by atoms with van der Waals surface area (Å²) in [7, 11) is 0. The zero-order chi connectivity index (χ0) is 22.3. The first-order valence-electron chi connectivity index (χ1n) is 11.2. The van der Waals surface area contributed by atoms with E-state index >= 15 is 0 Å². The molecule has 0 bridgehead atoms. The minimum Gasteiger partial charge on any atom is -0.379 e. The summed E-state index contributed by atoms with van der Waals surface area (Å²) in [4.78, 5) is 19.4. The first-order chi connectivity index (χ1) is 15.6. The maximum atomic E-state index is 12.6. The van der Waals surface area contributed by atoms with Crippen molar-refractivity contribution >= 4 is 11.6 Å². The van der Waals surface area contributed by atoms with Crippen LogP contribution in [0.1, 0.15) is 43.2 Å². The maximum absolute atomic E-state index is 12.6. The van der Waals surface area contributed by atoms with Crippen molar-refractivity contribution in [2.75, 3.05) is 31.6 Å². The van der Waals surface area contributed by atoms with E-state index < -0.39 is 0 Å². The Morgan fingerprint density at radius 2 is 1.84 bits per heavy atom. The molecule has 0 saturated carbocycles. The third-order valence-corrected chi connectivity index (χ3v) is 5.66. The van der Waals surface area contributed by atoms with Crippen LogP contribution >= 0.6 is 0 Å². The highest BCUT2D eigenvalue weighted by Crippen LogP contribution is 2.21. The molecule has 0 unspecified atom stereocenters. The Balaban J connectivity index is 1.32. The number of amides is 1. The van der Waals surface area contributed by atoms with E-state index in [1.54, 1.807) is 0 Å². The van der Waals surface area contributed by atoms with Gasteiger partial charge in [-0.15, -0.1) is 0 Å². The largest absolute Gasteiger partial charge is 0.379 e. The SMILES string of the molecule is CC(C)c1ccc(-c2noc(CCC(=O)Nc3ccccc3CN3CCOCC3)n2)cc1. The van der Waals surface area contributed by atoms with Gasteiger partial charge in [0.2, 0.25) is 17.6 Å². The monoisotopic (exact) mass is 434 g/mol. The normalized spacial score (nSPS) is 14.6. The average molecular weight is 435 g/mol. The highest BCUT2D eigenvalue weighted by atomic mass is 16.5. The Morgan fingerprint density at radius 3 is 2.59 bits per heavy atom. The summed E-state index contributed by atoms with van der Waals surface area (Å²) in [5.41, 5.74) is 4.13. The second kappa shape index (κ2) is 10.5. The van der Waals surface area contributed by atoms with Crippen molar-refractivity contribution in [1.82, 2.24) is 15.0 Å². The molecule has 1 N–H and O–H groups in total. The first-order valence-corrected chi connectivity index (χ1v) is 11.2. The molecule has 1 aromatic heterocycles. The number of para-hydroxylation sites is 1. The standard InChI is InChI=1S/C25H30N4O3/c1-18(2)19-7-9-20(10-8-19)25-27-24(32-28-25)12-11-23(30)26-22-6-4-3-5-21(22)17-29-13-15-31-16-14-29/h3-10,18H,11-17H2,1-2H3,(H,26,30). The van der Waals surface area contributed by atoms with Crippen molar-refractivity contribution < 1.29 is 14.1 Å². The van der Waals surface area contributed by atoms with Crippen LogP contribution in [-0.4, -0.2) is 47.3 Å². The van der Waals surface area contributed by atoms with Crippen LogP contribution in [-0.2, 0) is 22.5 Å². The number of ether oxygens (including phenoxy) is 1. The molecule has 4 rings (SSSR count). The van der Waals surface area contributed by atoms with Crippen LogP contribution < -0.4 is 5.32 Å². The molecule has 0 spiro atoms. The Morgan fingerprint density at radius 1 is 1.09 bits per heavy atom. The molecule has 1 aliphatic heterocycles. The van der Waals surface area contributed by atoms with E-state index in [1.807, 2.05) is 30.3 Å². The molecular formula is C25H30N4O3. The van der Waals surface area contributed by atoms with E-state index in [9.17, 15) is 4.79 Å². The predicted molar refractivity (Wildman–Crippen MR) is 123 cm³/mol. The summed E-state index contributed by atoms with van der Waals surface area (Å²) in [5, 5.41) is 7.11. The molecule has 0 radical (unpaired) electrons. The fourth-order valence-electron chi connectivity index (χ4n) is 3.70.